The molecule has 96 valence electrons. The van der Waals surface area contributed by atoms with E-state index in [2.05, 4.69) is 4.72 Å². The van der Waals surface area contributed by atoms with E-state index in [1.165, 1.54) is 11.3 Å². The van der Waals surface area contributed by atoms with Crippen LogP contribution in [-0.4, -0.2) is 27.7 Å². The third kappa shape index (κ3) is 2.69. The first-order valence-corrected chi connectivity index (χ1v) is 7.74. The SMILES string of the molecule is COC1CC(NS(=O)(=O)c2ccsc2CN)C1. The third-order valence-corrected chi connectivity index (χ3v) is 5.61. The summed E-state index contributed by atoms with van der Waals surface area (Å²) in [5, 5.41) is 1.75. The van der Waals surface area contributed by atoms with E-state index < -0.39 is 10.0 Å². The molecular formula is C10H16N2O3S2. The predicted molar refractivity (Wildman–Crippen MR) is 66.4 cm³/mol. The minimum atomic E-state index is -3.43. The van der Waals surface area contributed by atoms with Crippen molar-refractivity contribution < 1.29 is 13.2 Å². The van der Waals surface area contributed by atoms with Crippen molar-refractivity contribution in [3.63, 3.8) is 0 Å². The fourth-order valence-corrected chi connectivity index (χ4v) is 4.45. The number of hydrogen-bond donors (Lipinski definition) is 2. The fourth-order valence-electron chi connectivity index (χ4n) is 1.85. The van der Waals surface area contributed by atoms with Gasteiger partial charge < -0.3 is 10.5 Å². The Bertz CT molecular complexity index is 477. The number of methoxy groups -OCH3 is 1. The summed E-state index contributed by atoms with van der Waals surface area (Å²) in [6.45, 7) is 0.249. The van der Waals surface area contributed by atoms with E-state index >= 15 is 0 Å². The van der Waals surface area contributed by atoms with Gasteiger partial charge in [0.1, 0.15) is 0 Å². The van der Waals surface area contributed by atoms with Crippen LogP contribution in [0.2, 0.25) is 0 Å². The van der Waals surface area contributed by atoms with Gasteiger partial charge in [-0.2, -0.15) is 0 Å². The van der Waals surface area contributed by atoms with Gasteiger partial charge in [-0.25, -0.2) is 13.1 Å². The van der Waals surface area contributed by atoms with Gasteiger partial charge in [0, 0.05) is 24.6 Å². The molecule has 1 aromatic heterocycles. The Kier molecular flexibility index (Phi) is 3.84. The second-order valence-electron chi connectivity index (χ2n) is 4.06. The van der Waals surface area contributed by atoms with Gasteiger partial charge in [-0.1, -0.05) is 0 Å². The van der Waals surface area contributed by atoms with Crippen molar-refractivity contribution in [2.24, 2.45) is 5.73 Å². The van der Waals surface area contributed by atoms with E-state index in [-0.39, 0.29) is 18.7 Å². The molecule has 0 saturated heterocycles. The van der Waals surface area contributed by atoms with Crippen molar-refractivity contribution >= 4 is 21.4 Å². The lowest BCUT2D eigenvalue weighted by molar-refractivity contribution is 0.0236. The first-order valence-electron chi connectivity index (χ1n) is 5.38. The molecular weight excluding hydrogens is 260 g/mol. The van der Waals surface area contributed by atoms with Crippen LogP contribution in [0.25, 0.3) is 0 Å². The van der Waals surface area contributed by atoms with Crippen molar-refractivity contribution in [3.05, 3.63) is 16.3 Å². The predicted octanol–water partition coefficient (Wildman–Crippen LogP) is 0.662. The Balaban J connectivity index is 2.05. The number of hydrogen-bond acceptors (Lipinski definition) is 5. The van der Waals surface area contributed by atoms with Crippen molar-refractivity contribution in [1.82, 2.24) is 4.72 Å². The number of thiophene rings is 1. The lowest BCUT2D eigenvalue weighted by atomic mass is 9.90. The van der Waals surface area contributed by atoms with Crippen LogP contribution >= 0.6 is 11.3 Å². The molecule has 0 amide bonds. The van der Waals surface area contributed by atoms with Gasteiger partial charge in [0.15, 0.2) is 0 Å². The van der Waals surface area contributed by atoms with Gasteiger partial charge in [0.25, 0.3) is 0 Å². The van der Waals surface area contributed by atoms with Gasteiger partial charge in [-0.15, -0.1) is 11.3 Å². The van der Waals surface area contributed by atoms with Gasteiger partial charge in [-0.05, 0) is 24.3 Å². The molecule has 0 aliphatic heterocycles. The molecule has 2 rings (SSSR count). The van der Waals surface area contributed by atoms with Gasteiger partial charge >= 0.3 is 0 Å². The second kappa shape index (κ2) is 5.03. The average Bonchev–Trinajstić information content (AvgIpc) is 2.71. The summed E-state index contributed by atoms with van der Waals surface area (Å²) in [4.78, 5) is 1.01. The Morgan fingerprint density at radius 3 is 2.88 bits per heavy atom. The van der Waals surface area contributed by atoms with E-state index in [1.54, 1.807) is 18.6 Å². The molecule has 17 heavy (non-hydrogen) atoms. The summed E-state index contributed by atoms with van der Waals surface area (Å²) in [5.74, 6) is 0. The highest BCUT2D eigenvalue weighted by molar-refractivity contribution is 7.89. The van der Waals surface area contributed by atoms with Crippen LogP contribution in [0.1, 0.15) is 17.7 Å². The van der Waals surface area contributed by atoms with E-state index in [9.17, 15) is 8.42 Å². The van der Waals surface area contributed by atoms with Crippen LogP contribution in [0.3, 0.4) is 0 Å². The standard InChI is InChI=1S/C10H16N2O3S2/c1-15-8-4-7(5-8)12-17(13,14)10-2-3-16-9(10)6-11/h2-3,7-8,12H,4-6,11H2,1H3. The molecule has 1 saturated carbocycles. The summed E-state index contributed by atoms with van der Waals surface area (Å²) in [6.07, 6.45) is 1.65. The summed E-state index contributed by atoms with van der Waals surface area (Å²) < 4.78 is 31.9. The molecule has 0 bridgehead atoms. The van der Waals surface area contributed by atoms with Crippen LogP contribution < -0.4 is 10.5 Å². The Labute approximate surface area is 105 Å². The van der Waals surface area contributed by atoms with E-state index in [1.807, 2.05) is 0 Å². The van der Waals surface area contributed by atoms with E-state index in [4.69, 9.17) is 10.5 Å². The monoisotopic (exact) mass is 276 g/mol. The van der Waals surface area contributed by atoms with Crippen LogP contribution in [0, 0.1) is 0 Å². The molecule has 3 N–H and O–H groups in total. The highest BCUT2D eigenvalue weighted by atomic mass is 32.2. The second-order valence-corrected chi connectivity index (χ2v) is 6.74. The number of ether oxygens (including phenoxy) is 1. The minimum absolute atomic E-state index is 0.0181. The summed E-state index contributed by atoms with van der Waals surface area (Å²) in [5.41, 5.74) is 5.51. The average molecular weight is 276 g/mol. The zero-order valence-corrected chi connectivity index (χ0v) is 11.2. The summed E-state index contributed by atoms with van der Waals surface area (Å²) in [7, 11) is -1.79. The van der Waals surface area contributed by atoms with Crippen LogP contribution in [0.15, 0.2) is 16.3 Å². The summed E-state index contributed by atoms with van der Waals surface area (Å²) >= 11 is 1.37. The maximum atomic E-state index is 12.1. The van der Waals surface area contributed by atoms with Crippen molar-refractivity contribution in [3.8, 4) is 0 Å². The molecule has 0 aromatic carbocycles. The van der Waals surface area contributed by atoms with Crippen molar-refractivity contribution in [2.75, 3.05) is 7.11 Å². The molecule has 0 unspecified atom stereocenters. The Morgan fingerprint density at radius 1 is 1.59 bits per heavy atom. The molecule has 1 aromatic rings. The summed E-state index contributed by atoms with van der Waals surface area (Å²) in [6, 6.07) is 1.58. The zero-order valence-electron chi connectivity index (χ0n) is 9.55. The van der Waals surface area contributed by atoms with Gasteiger partial charge in [0.05, 0.1) is 11.0 Å². The van der Waals surface area contributed by atoms with Crippen molar-refractivity contribution in [1.29, 1.82) is 0 Å². The number of nitrogens with two attached hydrogens (primary N) is 1. The molecule has 7 heteroatoms. The third-order valence-electron chi connectivity index (χ3n) is 2.93. The zero-order chi connectivity index (χ0) is 12.5. The number of rotatable bonds is 5. The molecule has 1 fully saturated rings. The topological polar surface area (TPSA) is 81.4 Å². The lowest BCUT2D eigenvalue weighted by Gasteiger charge is -2.34. The maximum Gasteiger partial charge on any atom is 0.241 e. The first kappa shape index (κ1) is 13.0. The largest absolute Gasteiger partial charge is 0.381 e. The Hall–Kier alpha value is -0.470. The van der Waals surface area contributed by atoms with Crippen LogP contribution in [-0.2, 0) is 21.3 Å². The Morgan fingerprint density at radius 2 is 2.29 bits per heavy atom. The maximum absolute atomic E-state index is 12.1. The van der Waals surface area contributed by atoms with E-state index in [0.717, 1.165) is 12.8 Å². The molecule has 1 aliphatic rings. The van der Waals surface area contributed by atoms with Gasteiger partial charge in [0.2, 0.25) is 10.0 Å². The van der Waals surface area contributed by atoms with Crippen molar-refractivity contribution in [2.45, 2.75) is 36.4 Å². The first-order chi connectivity index (χ1) is 8.06. The molecule has 0 spiro atoms. The molecule has 1 heterocycles. The van der Waals surface area contributed by atoms with Gasteiger partial charge in [-0.3, -0.25) is 0 Å². The molecule has 1 aliphatic carbocycles. The normalized spacial score (nSPS) is 24.6. The highest BCUT2D eigenvalue weighted by Crippen LogP contribution is 2.26. The molecule has 5 nitrogen and oxygen atoms in total. The number of sulfonamides is 1. The molecule has 0 radical (unpaired) electrons. The quantitative estimate of drug-likeness (QED) is 0.828. The molecule has 0 atom stereocenters. The highest BCUT2D eigenvalue weighted by Gasteiger charge is 2.33. The van der Waals surface area contributed by atoms with Crippen LogP contribution in [0.5, 0.6) is 0 Å². The van der Waals surface area contributed by atoms with Crippen LogP contribution in [0.4, 0.5) is 0 Å². The fraction of sp³-hybridized carbons (Fsp3) is 0.600. The lowest BCUT2D eigenvalue weighted by Crippen LogP contribution is -2.47. The minimum Gasteiger partial charge on any atom is -0.381 e. The smallest absolute Gasteiger partial charge is 0.241 e. The number of nitrogens with one attached hydrogen (secondary N) is 1. The van der Waals surface area contributed by atoms with E-state index in [0.29, 0.717) is 9.77 Å².